The van der Waals surface area contributed by atoms with Crippen LogP contribution in [-0.4, -0.2) is 349 Å². The maximum atomic E-state index is 10.5. The second-order valence-corrected chi connectivity index (χ2v) is 41.6. The standard InChI is InChI=1S/C20H27N5O5S.C19H22N6O4S.C19H25N5O5S.C18H22BrN5O4S.C18H23N5O5S/c1-3-21-20-22-16-18(28)17(27)15(30-19(16)31-20)9-25-8-13(23-24-25)10-29-14-6-4-5-12(7-14)11(2)26;1-2-21-19-22-15-17(27)16(26)14(29-18(15)30-19)9-25-8-12(23-24-25)10-28-13-5-3-4-11(6-13)7-20;1-2-20-19-21-15-17(27)16(26)14(29-18(15)30-19)8-24-7-12(22-23-24)10-28-13-5-3-4-11(6-13)9-25;1-2-20-18-21-14-16(26)15(25)13(28-17(14)29-18)8-24-7-11(22-23-24)9-27-12-5-3-4-10(19)6-12;1-2-19-18-20-14-16(26)15(25)13(28-17(14)29-18)8-23-7-10(21-22-23)9-27-12-5-3-4-11(24)6-12/h4-8,11,15-19,26-28H,3,9-10H2,1-2H3,(H,21,22);3-6,8,14-18,26-27H,2,9-10H2,1H3,(H,21,22);3-7,14-18,25-27H,2,8-10H2,1H3,(H,20,21);3-7,13-17,25-26H,2,8-9H2,1H3,(H,20,21);3-7,13-17,24-26H,2,8-9H2,1H3,(H,19,20)/t11?,15-,16-,17-,18-,19-;2*14-,15-,16-,17-,18-;2*13-,14-,15-,16-,17-/m11111/s1. The Morgan fingerprint density at radius 2 is 0.638 bits per heavy atom. The van der Waals surface area contributed by atoms with E-state index in [4.69, 9.17) is 52.6 Å². The van der Waals surface area contributed by atoms with Crippen LogP contribution in [0.5, 0.6) is 34.5 Å². The van der Waals surface area contributed by atoms with Crippen molar-refractivity contribution in [3.63, 3.8) is 0 Å². The third-order valence-electron chi connectivity index (χ3n) is 24.3. The van der Waals surface area contributed by atoms with Crippen molar-refractivity contribution in [3.05, 3.63) is 202 Å². The first-order valence-electron chi connectivity index (χ1n) is 48.2. The molecule has 0 aliphatic carbocycles. The molecule has 20 rings (SSSR count). The second-order valence-electron chi connectivity index (χ2n) is 35.2. The SMILES string of the molecule is CCN=C1N[C@@H]2[C@@H](O)[C@H](O)[C@@H](Cn3cc(COc4cccc(Br)c4)nn3)O[C@@H]2S1.CCN=C1N[C@@H]2[C@@H](O)[C@H](O)[C@@H](Cn3cc(COc4cccc(C#N)c4)nn3)O[C@@H]2S1.CCN=C1N[C@@H]2[C@@H](O)[C@H](O)[C@@H](Cn3cc(COc4cccc(C(C)O)c4)nn3)O[C@@H]2S1.CCN=C1N[C@@H]2[C@@H](O)[C@H](O)[C@@H](Cn3cc(COc4cccc(CO)c4)nn3)O[C@@H]2S1.CCN=C1N[C@@H]2[C@@H](O)[C@H](O)[C@@H](Cn3cc(COc4cccc(O)c4)nn3)O[C@@H]2S1. The number of aromatic hydroxyl groups is 1. The number of rotatable bonds is 32. The van der Waals surface area contributed by atoms with Crippen LogP contribution in [0.1, 0.15) is 92.8 Å². The Morgan fingerprint density at radius 1 is 0.369 bits per heavy atom. The lowest BCUT2D eigenvalue weighted by Crippen LogP contribution is -2.59. The van der Waals surface area contributed by atoms with Crippen LogP contribution in [0, 0.1) is 11.3 Å². The van der Waals surface area contributed by atoms with Crippen LogP contribution in [0.15, 0.2) is 182 Å². The van der Waals surface area contributed by atoms with E-state index < -0.39 is 122 Å². The molecule has 0 radical (unpaired) electrons. The van der Waals surface area contributed by atoms with Gasteiger partial charge in [0.25, 0.3) is 0 Å². The van der Waals surface area contributed by atoms with E-state index >= 15 is 0 Å². The van der Waals surface area contributed by atoms with Gasteiger partial charge in [0.1, 0.15) is 215 Å². The van der Waals surface area contributed by atoms with Crippen molar-refractivity contribution < 1.29 is 114 Å². The third-order valence-corrected chi connectivity index (χ3v) is 30.3. The number of fused-ring (bicyclic) bond motifs is 5. The summed E-state index contributed by atoms with van der Waals surface area (Å²) in [6.45, 7) is 16.8. The van der Waals surface area contributed by atoms with Crippen LogP contribution >= 0.6 is 74.7 Å². The van der Waals surface area contributed by atoms with Crippen molar-refractivity contribution in [1.29, 1.82) is 5.26 Å². The zero-order valence-corrected chi connectivity index (χ0v) is 87.1. The van der Waals surface area contributed by atoms with Crippen molar-refractivity contribution in [1.82, 2.24) is 102 Å². The van der Waals surface area contributed by atoms with E-state index in [-0.39, 0.29) is 111 Å². The Labute approximate surface area is 884 Å². The maximum absolute atomic E-state index is 10.5. The number of aliphatic hydroxyl groups excluding tert-OH is 12. The van der Waals surface area contributed by atoms with Gasteiger partial charge in [-0.25, -0.2) is 23.4 Å². The number of aliphatic imine (C=N–C) groups is 5. The van der Waals surface area contributed by atoms with Crippen LogP contribution in [-0.2, 0) is 96.0 Å². The molecule has 10 aliphatic rings. The lowest BCUT2D eigenvalue weighted by molar-refractivity contribution is -0.160. The Bertz CT molecular complexity index is 6090. The van der Waals surface area contributed by atoms with Crippen LogP contribution in [0.3, 0.4) is 0 Å². The van der Waals surface area contributed by atoms with Gasteiger partial charge in [0.2, 0.25) is 0 Å². The van der Waals surface area contributed by atoms with Gasteiger partial charge in [0.05, 0.1) is 118 Å². The largest absolute Gasteiger partial charge is 0.508 e. The number of benzene rings is 5. The molecule has 10 fully saturated rings. The van der Waals surface area contributed by atoms with Crippen molar-refractivity contribution in [3.8, 4) is 40.6 Å². The topological polar surface area (TPSA) is 655 Å². The molecule has 1 unspecified atom stereocenters. The zero-order valence-electron chi connectivity index (χ0n) is 81.5. The van der Waals surface area contributed by atoms with Gasteiger partial charge in [0.15, 0.2) is 25.8 Å². The van der Waals surface area contributed by atoms with E-state index in [0.717, 1.165) is 26.5 Å². The fraction of sp³-hybridized carbons (Fsp3) is 0.511. The number of phenolic OH excluding ortho intramolecular Hbond substituents is 1. The van der Waals surface area contributed by atoms with E-state index in [1.807, 2.05) is 89.2 Å². The van der Waals surface area contributed by atoms with Crippen molar-refractivity contribution in [2.24, 2.45) is 25.0 Å². The minimum Gasteiger partial charge on any atom is -0.508 e. The summed E-state index contributed by atoms with van der Waals surface area (Å²) in [6.07, 6.45) is -5.33. The Morgan fingerprint density at radius 3 is 0.919 bits per heavy atom. The van der Waals surface area contributed by atoms with Gasteiger partial charge in [-0.05, 0) is 125 Å². The van der Waals surface area contributed by atoms with Gasteiger partial charge >= 0.3 is 0 Å². The van der Waals surface area contributed by atoms with Crippen molar-refractivity contribution in [2.45, 2.75) is 269 Å². The number of thioether (sulfide) groups is 5. The minimum atomic E-state index is -1.07. The number of aromatic nitrogens is 15. The predicted octanol–water partition coefficient (Wildman–Crippen LogP) is 1.81. The summed E-state index contributed by atoms with van der Waals surface area (Å²) in [7, 11) is 0. The lowest BCUT2D eigenvalue weighted by Gasteiger charge is -2.38. The van der Waals surface area contributed by atoms with Gasteiger partial charge < -0.3 is 140 Å². The molecule has 15 heterocycles. The zero-order chi connectivity index (χ0) is 105. The summed E-state index contributed by atoms with van der Waals surface area (Å²) in [5.41, 5.74) is 3.47. The maximum Gasteiger partial charge on any atom is 0.159 e. The monoisotopic (exact) mass is 2220 g/mol. The van der Waals surface area contributed by atoms with Gasteiger partial charge in [-0.15, -0.1) is 25.5 Å². The van der Waals surface area contributed by atoms with E-state index in [0.29, 0.717) is 110 Å². The summed E-state index contributed by atoms with van der Waals surface area (Å²) < 4.78 is 67.2. The third kappa shape index (κ3) is 29.3. The quantitative estimate of drug-likeness (QED) is 0.0286. The average Bonchev–Trinajstić information content (AvgIpc) is 1.73. The Hall–Kier alpha value is -11.0. The first kappa shape index (κ1) is 111. The molecular formula is C94H119BrN26O23S5. The van der Waals surface area contributed by atoms with Gasteiger partial charge in [-0.2, -0.15) is 5.26 Å². The van der Waals surface area contributed by atoms with Gasteiger partial charge in [0, 0.05) is 43.3 Å². The summed E-state index contributed by atoms with van der Waals surface area (Å²) in [5, 5.41) is 202. The van der Waals surface area contributed by atoms with Crippen LogP contribution < -0.4 is 50.3 Å². The first-order valence-corrected chi connectivity index (χ1v) is 53.4. The molecular weight excluding hydrogens is 2100 g/mol. The molecule has 18 N–H and O–H groups in total. The Kier molecular flexibility index (Phi) is 39.2. The predicted molar refractivity (Wildman–Crippen MR) is 550 cm³/mol. The van der Waals surface area contributed by atoms with E-state index in [9.17, 15) is 66.4 Å². The van der Waals surface area contributed by atoms with Crippen LogP contribution in [0.4, 0.5) is 0 Å². The number of nitrogens with zero attached hydrogens (tertiary/aromatic N) is 21. The number of hydrogen-bond donors (Lipinski definition) is 18. The molecule has 0 spiro atoms. The minimum absolute atomic E-state index is 0.0512. The first-order chi connectivity index (χ1) is 72.1. The molecule has 5 aromatic carbocycles. The fourth-order valence-electron chi connectivity index (χ4n) is 16.8. The van der Waals surface area contributed by atoms with E-state index in [1.165, 1.54) is 64.9 Å². The number of hydrogen-bond acceptors (Lipinski definition) is 44. The molecule has 10 aromatic rings. The van der Waals surface area contributed by atoms with Crippen LogP contribution in [0.2, 0.25) is 0 Å². The van der Waals surface area contributed by atoms with Gasteiger partial charge in [-0.3, -0.25) is 25.0 Å². The molecule has 0 amide bonds. The summed E-state index contributed by atoms with van der Waals surface area (Å²) in [5.74, 6) is 3.20. The van der Waals surface area contributed by atoms with E-state index in [1.54, 1.807) is 122 Å². The summed E-state index contributed by atoms with van der Waals surface area (Å²) >= 11 is 10.5. The molecule has 800 valence electrons. The summed E-state index contributed by atoms with van der Waals surface area (Å²) in [6, 6.07) is 35.4. The van der Waals surface area contributed by atoms with E-state index in [2.05, 4.69) is 125 Å². The highest BCUT2D eigenvalue weighted by atomic mass is 79.9. The number of amidine groups is 5. The molecule has 55 heteroatoms. The highest BCUT2D eigenvalue weighted by molar-refractivity contribution is 9.10. The number of ether oxygens (including phenoxy) is 10. The highest BCUT2D eigenvalue weighted by Gasteiger charge is 2.55. The lowest BCUT2D eigenvalue weighted by atomic mass is 9.98. The van der Waals surface area contributed by atoms with Crippen molar-refractivity contribution in [2.75, 3.05) is 32.7 Å². The van der Waals surface area contributed by atoms with Crippen LogP contribution in [0.25, 0.3) is 0 Å². The molecule has 26 atom stereocenters. The number of aliphatic hydroxyl groups is 12. The van der Waals surface area contributed by atoms with Gasteiger partial charge in [-0.1, -0.05) is 143 Å². The normalized spacial score (nSPS) is 29.9. The number of halogens is 1. The average molecular weight is 2220 g/mol. The molecule has 10 saturated heterocycles. The molecule has 10 aliphatic heterocycles. The molecule has 5 aromatic heterocycles. The number of nitrogens with one attached hydrogen (secondary N) is 5. The fourth-order valence-corrected chi connectivity index (χ4v) is 23.2. The number of phenols is 1. The smallest absolute Gasteiger partial charge is 0.159 e. The van der Waals surface area contributed by atoms with Crippen molar-refractivity contribution >= 4 is 101 Å². The summed E-state index contributed by atoms with van der Waals surface area (Å²) in [4.78, 5) is 21.6. The Balaban J connectivity index is 0.000000133. The number of nitriles is 1. The molecule has 149 heavy (non-hydrogen) atoms. The molecule has 49 nitrogen and oxygen atoms in total. The second kappa shape index (κ2) is 52.8. The molecule has 0 saturated carbocycles. The highest BCUT2D eigenvalue weighted by Crippen LogP contribution is 2.41. The molecule has 0 bridgehead atoms.